The summed E-state index contributed by atoms with van der Waals surface area (Å²) in [6, 6.07) is 3.68. The number of phenols is 2. The van der Waals surface area contributed by atoms with Gasteiger partial charge in [-0.05, 0) is 12.1 Å². The van der Waals surface area contributed by atoms with Crippen molar-refractivity contribution in [2.75, 3.05) is 19.5 Å². The van der Waals surface area contributed by atoms with Crippen LogP contribution in [0.1, 0.15) is 0 Å². The number of rotatable bonds is 4. The molecule has 102 valence electrons. The molecule has 3 N–H and O–H groups in total. The van der Waals surface area contributed by atoms with Gasteiger partial charge in [-0.3, -0.25) is 0 Å². The van der Waals surface area contributed by atoms with Crippen LogP contribution in [0.5, 0.6) is 11.5 Å². The molecule has 0 aromatic heterocycles. The third-order valence-corrected chi connectivity index (χ3v) is 2.12. The Labute approximate surface area is 109 Å². The zero-order chi connectivity index (χ0) is 14.4. The molecule has 0 aliphatic rings. The molecule has 7 heteroatoms. The van der Waals surface area contributed by atoms with Crippen molar-refractivity contribution in [1.82, 2.24) is 0 Å². The van der Waals surface area contributed by atoms with Crippen LogP contribution < -0.4 is 5.32 Å². The summed E-state index contributed by atoms with van der Waals surface area (Å²) in [6.45, 7) is 0. The first kappa shape index (κ1) is 14.4. The molecule has 19 heavy (non-hydrogen) atoms. The molecule has 0 aliphatic heterocycles. The van der Waals surface area contributed by atoms with Gasteiger partial charge in [-0.25, -0.2) is 9.59 Å². The van der Waals surface area contributed by atoms with Gasteiger partial charge in [0.15, 0.2) is 0 Å². The van der Waals surface area contributed by atoms with Crippen molar-refractivity contribution in [1.29, 1.82) is 0 Å². The highest BCUT2D eigenvalue weighted by molar-refractivity contribution is 5.99. The van der Waals surface area contributed by atoms with Crippen LogP contribution in [0.2, 0.25) is 0 Å². The van der Waals surface area contributed by atoms with Gasteiger partial charge in [0.05, 0.1) is 26.0 Å². The minimum absolute atomic E-state index is 0.0422. The number of benzene rings is 1. The summed E-state index contributed by atoms with van der Waals surface area (Å²) in [6.07, 6.45) is 0.870. The zero-order valence-corrected chi connectivity index (χ0v) is 10.3. The third kappa shape index (κ3) is 3.91. The van der Waals surface area contributed by atoms with Crippen LogP contribution >= 0.6 is 0 Å². The lowest BCUT2D eigenvalue weighted by Crippen LogP contribution is -2.15. The fraction of sp³-hybridized carbons (Fsp3) is 0.167. The van der Waals surface area contributed by atoms with Crippen LogP contribution in [0.3, 0.4) is 0 Å². The average molecular weight is 267 g/mol. The van der Waals surface area contributed by atoms with Gasteiger partial charge in [0.1, 0.15) is 17.2 Å². The molecule has 0 spiro atoms. The molecule has 1 aromatic carbocycles. The summed E-state index contributed by atoms with van der Waals surface area (Å²) in [7, 11) is 2.29. The van der Waals surface area contributed by atoms with Gasteiger partial charge >= 0.3 is 11.9 Å². The third-order valence-electron chi connectivity index (χ3n) is 2.12. The fourth-order valence-corrected chi connectivity index (χ4v) is 1.20. The minimum Gasteiger partial charge on any atom is -0.508 e. The van der Waals surface area contributed by atoms with Crippen molar-refractivity contribution in [3.8, 4) is 11.5 Å². The van der Waals surface area contributed by atoms with Gasteiger partial charge in [-0.15, -0.1) is 0 Å². The maximum absolute atomic E-state index is 11.5. The zero-order valence-electron chi connectivity index (χ0n) is 10.3. The van der Waals surface area contributed by atoms with Crippen molar-refractivity contribution >= 4 is 17.6 Å². The molecular weight excluding hydrogens is 254 g/mol. The number of phenolic OH excluding ortho intramolecular Hbond substituents is 2. The fourth-order valence-electron chi connectivity index (χ4n) is 1.20. The number of carbonyl (C=O) groups excluding carboxylic acids is 2. The van der Waals surface area contributed by atoms with Crippen molar-refractivity contribution in [3.63, 3.8) is 0 Å². The highest BCUT2D eigenvalue weighted by Crippen LogP contribution is 2.28. The van der Waals surface area contributed by atoms with Gasteiger partial charge in [0.25, 0.3) is 0 Å². The summed E-state index contributed by atoms with van der Waals surface area (Å²) in [5.74, 6) is -1.93. The van der Waals surface area contributed by atoms with E-state index in [0.717, 1.165) is 20.3 Å². The Morgan fingerprint density at radius 3 is 2.47 bits per heavy atom. The molecule has 0 saturated heterocycles. The number of hydrogen-bond donors (Lipinski definition) is 3. The van der Waals surface area contributed by atoms with E-state index in [1.54, 1.807) is 0 Å². The molecule has 0 aliphatic carbocycles. The Bertz CT molecular complexity index is 523. The molecule has 0 bridgehead atoms. The normalized spacial score (nSPS) is 10.7. The van der Waals surface area contributed by atoms with E-state index in [0.29, 0.717) is 0 Å². The standard InChI is InChI=1S/C12H13NO6/c1-18-11(16)6-9(12(17)19-2)13-8-5-7(14)3-4-10(8)15/h3-6,13-15H,1-2H3/b9-6+. The van der Waals surface area contributed by atoms with Crippen LogP contribution in [-0.2, 0) is 19.1 Å². The second kappa shape index (κ2) is 6.29. The van der Waals surface area contributed by atoms with Crippen molar-refractivity contribution in [3.05, 3.63) is 30.0 Å². The van der Waals surface area contributed by atoms with Crippen LogP contribution in [0.25, 0.3) is 0 Å². The Hall–Kier alpha value is -2.70. The largest absolute Gasteiger partial charge is 0.508 e. The molecular formula is C12H13NO6. The van der Waals surface area contributed by atoms with Gasteiger partial charge in [-0.2, -0.15) is 0 Å². The summed E-state index contributed by atoms with van der Waals surface area (Å²) in [5, 5.41) is 21.3. The van der Waals surface area contributed by atoms with Gasteiger partial charge in [0, 0.05) is 6.07 Å². The van der Waals surface area contributed by atoms with E-state index in [4.69, 9.17) is 0 Å². The van der Waals surface area contributed by atoms with Gasteiger partial charge in [0.2, 0.25) is 0 Å². The lowest BCUT2D eigenvalue weighted by Gasteiger charge is -2.10. The molecule has 0 saturated carbocycles. The summed E-state index contributed by atoms with van der Waals surface area (Å²) in [4.78, 5) is 22.6. The first-order valence-electron chi connectivity index (χ1n) is 5.15. The maximum Gasteiger partial charge on any atom is 0.354 e. The Balaban J connectivity index is 3.07. The second-order valence-corrected chi connectivity index (χ2v) is 3.40. The number of esters is 2. The molecule has 1 aromatic rings. The number of carbonyl (C=O) groups is 2. The van der Waals surface area contributed by atoms with E-state index in [9.17, 15) is 19.8 Å². The van der Waals surface area contributed by atoms with Crippen molar-refractivity contribution in [2.45, 2.75) is 0 Å². The van der Waals surface area contributed by atoms with Crippen LogP contribution in [0.15, 0.2) is 30.0 Å². The molecule has 0 radical (unpaired) electrons. The van der Waals surface area contributed by atoms with E-state index >= 15 is 0 Å². The lowest BCUT2D eigenvalue weighted by molar-refractivity contribution is -0.138. The Morgan fingerprint density at radius 2 is 1.89 bits per heavy atom. The minimum atomic E-state index is -0.826. The van der Waals surface area contributed by atoms with Crippen molar-refractivity contribution < 1.29 is 29.3 Å². The summed E-state index contributed by atoms with van der Waals surface area (Å²) < 4.78 is 8.87. The molecule has 0 atom stereocenters. The van der Waals surface area contributed by atoms with E-state index in [1.165, 1.54) is 18.2 Å². The number of hydrogen-bond acceptors (Lipinski definition) is 7. The van der Waals surface area contributed by atoms with Crippen molar-refractivity contribution in [2.24, 2.45) is 0 Å². The van der Waals surface area contributed by atoms with Gasteiger partial charge < -0.3 is 25.0 Å². The SMILES string of the molecule is COC(=O)/C=C(/Nc1cc(O)ccc1O)C(=O)OC. The predicted octanol–water partition coefficient (Wildman–Crippen LogP) is 0.740. The number of nitrogens with one attached hydrogen (secondary N) is 1. The monoisotopic (exact) mass is 267 g/mol. The van der Waals surface area contributed by atoms with E-state index < -0.39 is 11.9 Å². The predicted molar refractivity (Wildman–Crippen MR) is 65.5 cm³/mol. The van der Waals surface area contributed by atoms with E-state index in [1.807, 2.05) is 0 Å². The van der Waals surface area contributed by atoms with E-state index in [-0.39, 0.29) is 22.9 Å². The van der Waals surface area contributed by atoms with E-state index in [2.05, 4.69) is 14.8 Å². The number of methoxy groups -OCH3 is 2. The Morgan fingerprint density at radius 1 is 1.21 bits per heavy atom. The molecule has 0 fully saturated rings. The quantitative estimate of drug-likeness (QED) is 0.320. The molecule has 0 amide bonds. The number of aromatic hydroxyl groups is 2. The molecule has 1 rings (SSSR count). The highest BCUT2D eigenvalue weighted by atomic mass is 16.5. The summed E-state index contributed by atoms with van der Waals surface area (Å²) >= 11 is 0. The first-order valence-corrected chi connectivity index (χ1v) is 5.15. The lowest BCUT2D eigenvalue weighted by atomic mass is 10.2. The summed E-state index contributed by atoms with van der Waals surface area (Å²) in [5.41, 5.74) is -0.198. The topological polar surface area (TPSA) is 105 Å². The second-order valence-electron chi connectivity index (χ2n) is 3.40. The van der Waals surface area contributed by atoms with Crippen LogP contribution in [-0.4, -0.2) is 36.4 Å². The van der Waals surface area contributed by atoms with Crippen LogP contribution in [0.4, 0.5) is 5.69 Å². The Kier molecular flexibility index (Phi) is 4.76. The van der Waals surface area contributed by atoms with Crippen LogP contribution in [0, 0.1) is 0 Å². The highest BCUT2D eigenvalue weighted by Gasteiger charge is 2.14. The average Bonchev–Trinajstić information content (AvgIpc) is 2.40. The van der Waals surface area contributed by atoms with Gasteiger partial charge in [-0.1, -0.05) is 0 Å². The first-order chi connectivity index (χ1) is 8.97. The molecule has 0 unspecified atom stereocenters. The number of ether oxygens (including phenoxy) is 2. The molecule has 0 heterocycles. The number of anilines is 1. The maximum atomic E-state index is 11.5. The smallest absolute Gasteiger partial charge is 0.354 e. The molecule has 7 nitrogen and oxygen atoms in total.